The van der Waals surface area contributed by atoms with Crippen molar-refractivity contribution in [2.75, 3.05) is 6.61 Å². The van der Waals surface area contributed by atoms with Crippen molar-refractivity contribution < 1.29 is 24.5 Å². The van der Waals surface area contributed by atoms with Crippen LogP contribution in [-0.4, -0.2) is 33.7 Å². The number of nitro groups is 2. The molecule has 0 unspecified atom stereocenters. The van der Waals surface area contributed by atoms with Crippen molar-refractivity contribution in [1.29, 1.82) is 0 Å². The van der Waals surface area contributed by atoms with E-state index in [1.807, 2.05) is 0 Å². The van der Waals surface area contributed by atoms with Crippen molar-refractivity contribution >= 4 is 51.0 Å². The molecule has 28 heavy (non-hydrogen) atoms. The highest BCUT2D eigenvalue weighted by Crippen LogP contribution is 2.33. The summed E-state index contributed by atoms with van der Waals surface area (Å²) in [6, 6.07) is 6.17. The topological polar surface area (TPSA) is 157 Å². The van der Waals surface area contributed by atoms with Crippen LogP contribution in [0.4, 0.5) is 11.4 Å². The van der Waals surface area contributed by atoms with Crippen LogP contribution < -0.4 is 10.2 Å². The van der Waals surface area contributed by atoms with Gasteiger partial charge in [0.15, 0.2) is 6.61 Å². The van der Waals surface area contributed by atoms with Gasteiger partial charge in [0.2, 0.25) is 5.75 Å². The molecule has 0 bridgehead atoms. The van der Waals surface area contributed by atoms with Gasteiger partial charge in [-0.3, -0.25) is 25.0 Å². The van der Waals surface area contributed by atoms with Gasteiger partial charge in [-0.2, -0.15) is 5.10 Å². The molecule has 0 aliphatic heterocycles. The van der Waals surface area contributed by atoms with E-state index in [0.29, 0.717) is 21.3 Å². The largest absolute Gasteiger partial charge is 0.502 e. The van der Waals surface area contributed by atoms with Gasteiger partial charge in [0.05, 0.1) is 32.2 Å². The van der Waals surface area contributed by atoms with Crippen LogP contribution in [0.15, 0.2) is 39.9 Å². The summed E-state index contributed by atoms with van der Waals surface area (Å²) in [5.41, 5.74) is 0.273. The fourth-order valence-electron chi connectivity index (χ4n) is 1.91. The number of phenolic OH excluding ortho intramolecular Hbond substituents is 1. The van der Waals surface area contributed by atoms with Crippen molar-refractivity contribution in [2.45, 2.75) is 0 Å². The average Bonchev–Trinajstić information content (AvgIpc) is 2.61. The number of rotatable bonds is 7. The number of carbonyl (C=O) groups is 1. The van der Waals surface area contributed by atoms with Gasteiger partial charge in [-0.15, -0.1) is 0 Å². The number of hydrogen-bond acceptors (Lipinski definition) is 8. The standard InChI is InChI=1S/C15H10BrClN4O7/c16-11-4-9(17)1-2-13(11)28-7-14(22)19-18-6-8-3-10(20(24)25)5-12(15(8)23)21(26)27/h1-6,23H,7H2,(H,19,22). The van der Waals surface area contributed by atoms with Crippen molar-refractivity contribution in [3.8, 4) is 11.5 Å². The van der Waals surface area contributed by atoms with Crippen LogP contribution in [0.5, 0.6) is 11.5 Å². The van der Waals surface area contributed by atoms with E-state index >= 15 is 0 Å². The van der Waals surface area contributed by atoms with Gasteiger partial charge in [0, 0.05) is 11.1 Å². The Labute approximate surface area is 170 Å². The number of nitro benzene ring substituents is 2. The number of phenols is 1. The van der Waals surface area contributed by atoms with E-state index in [1.165, 1.54) is 0 Å². The second kappa shape index (κ2) is 9.10. The Hall–Kier alpha value is -3.25. The number of hydrazone groups is 1. The maximum Gasteiger partial charge on any atom is 0.318 e. The van der Waals surface area contributed by atoms with E-state index in [9.17, 15) is 30.1 Å². The van der Waals surface area contributed by atoms with Crippen LogP contribution in [0.3, 0.4) is 0 Å². The normalized spacial score (nSPS) is 10.6. The summed E-state index contributed by atoms with van der Waals surface area (Å²) < 4.78 is 5.79. The van der Waals surface area contributed by atoms with E-state index in [4.69, 9.17) is 16.3 Å². The molecule has 2 aromatic rings. The molecular formula is C15H10BrClN4O7. The number of non-ortho nitro benzene ring substituents is 1. The molecule has 0 heterocycles. The summed E-state index contributed by atoms with van der Waals surface area (Å²) in [5, 5.41) is 35.5. The molecule has 0 fully saturated rings. The fraction of sp³-hybridized carbons (Fsp3) is 0.0667. The summed E-state index contributed by atoms with van der Waals surface area (Å²) in [6.07, 6.45) is 0.839. The molecule has 1 amide bonds. The lowest BCUT2D eigenvalue weighted by atomic mass is 10.1. The molecule has 0 atom stereocenters. The molecule has 0 spiro atoms. The molecule has 0 aliphatic rings. The minimum atomic E-state index is -0.976. The van der Waals surface area contributed by atoms with E-state index in [1.54, 1.807) is 18.2 Å². The van der Waals surface area contributed by atoms with Crippen molar-refractivity contribution in [3.05, 3.63) is 65.6 Å². The van der Waals surface area contributed by atoms with Gasteiger partial charge in [0.1, 0.15) is 5.75 Å². The smallest absolute Gasteiger partial charge is 0.318 e. The molecule has 146 valence electrons. The van der Waals surface area contributed by atoms with Crippen LogP contribution in [-0.2, 0) is 4.79 Å². The van der Waals surface area contributed by atoms with Gasteiger partial charge >= 0.3 is 5.69 Å². The number of aromatic hydroxyl groups is 1. The molecule has 2 N–H and O–H groups in total. The molecule has 2 aromatic carbocycles. The Morgan fingerprint density at radius 1 is 1.29 bits per heavy atom. The van der Waals surface area contributed by atoms with Gasteiger partial charge in [-0.1, -0.05) is 11.6 Å². The van der Waals surface area contributed by atoms with Crippen molar-refractivity contribution in [2.24, 2.45) is 5.10 Å². The highest BCUT2D eigenvalue weighted by atomic mass is 79.9. The van der Waals surface area contributed by atoms with Gasteiger partial charge in [-0.05, 0) is 34.1 Å². The number of halogens is 2. The van der Waals surface area contributed by atoms with Gasteiger partial charge in [-0.25, -0.2) is 5.43 Å². The number of nitrogens with zero attached hydrogens (tertiary/aromatic N) is 3. The molecular weight excluding hydrogens is 464 g/mol. The number of hydrogen-bond donors (Lipinski definition) is 2. The van der Waals surface area contributed by atoms with E-state index < -0.39 is 39.5 Å². The maximum absolute atomic E-state index is 11.7. The molecule has 11 nitrogen and oxygen atoms in total. The Balaban J connectivity index is 2.06. The first-order chi connectivity index (χ1) is 13.2. The van der Waals surface area contributed by atoms with Crippen molar-refractivity contribution in [1.82, 2.24) is 5.43 Å². The van der Waals surface area contributed by atoms with Crippen LogP contribution in [0.2, 0.25) is 5.02 Å². The Morgan fingerprint density at radius 2 is 2.00 bits per heavy atom. The molecule has 0 saturated carbocycles. The number of carbonyl (C=O) groups excluding carboxylic acids is 1. The van der Waals surface area contributed by atoms with E-state index in [0.717, 1.165) is 12.3 Å². The van der Waals surface area contributed by atoms with Crippen LogP contribution >= 0.6 is 27.5 Å². The van der Waals surface area contributed by atoms with Crippen molar-refractivity contribution in [3.63, 3.8) is 0 Å². The highest BCUT2D eigenvalue weighted by molar-refractivity contribution is 9.10. The summed E-state index contributed by atoms with van der Waals surface area (Å²) in [4.78, 5) is 31.6. The van der Waals surface area contributed by atoms with Crippen LogP contribution in [0.1, 0.15) is 5.56 Å². The summed E-state index contributed by atoms with van der Waals surface area (Å²) in [5.74, 6) is -1.15. The Kier molecular flexibility index (Phi) is 6.84. The number of ether oxygens (including phenoxy) is 1. The van der Waals surface area contributed by atoms with Gasteiger partial charge < -0.3 is 9.84 Å². The zero-order chi connectivity index (χ0) is 20.8. The minimum absolute atomic E-state index is 0.317. The average molecular weight is 474 g/mol. The lowest BCUT2D eigenvalue weighted by Gasteiger charge is -2.07. The Morgan fingerprint density at radius 3 is 2.61 bits per heavy atom. The molecule has 13 heteroatoms. The lowest BCUT2D eigenvalue weighted by molar-refractivity contribution is -0.394. The summed E-state index contributed by atoms with van der Waals surface area (Å²) in [7, 11) is 0. The zero-order valence-corrected chi connectivity index (χ0v) is 16.0. The first-order valence-corrected chi connectivity index (χ1v) is 8.41. The predicted molar refractivity (Wildman–Crippen MR) is 102 cm³/mol. The van der Waals surface area contributed by atoms with Crippen LogP contribution in [0.25, 0.3) is 0 Å². The third-order valence-corrected chi connectivity index (χ3v) is 4.01. The Bertz CT molecular complexity index is 983. The maximum atomic E-state index is 11.7. The number of amides is 1. The second-order valence-corrected chi connectivity index (χ2v) is 6.36. The summed E-state index contributed by atoms with van der Waals surface area (Å²) >= 11 is 9.01. The quantitative estimate of drug-likeness (QED) is 0.355. The first-order valence-electron chi connectivity index (χ1n) is 7.24. The molecule has 0 radical (unpaired) electrons. The van der Waals surface area contributed by atoms with Crippen LogP contribution in [0, 0.1) is 20.2 Å². The van der Waals surface area contributed by atoms with E-state index in [-0.39, 0.29) is 5.56 Å². The van der Waals surface area contributed by atoms with E-state index in [2.05, 4.69) is 26.5 Å². The number of nitrogens with one attached hydrogen (secondary N) is 1. The lowest BCUT2D eigenvalue weighted by Crippen LogP contribution is -2.24. The zero-order valence-electron chi connectivity index (χ0n) is 13.7. The predicted octanol–water partition coefficient (Wildman–Crippen LogP) is 3.15. The highest BCUT2D eigenvalue weighted by Gasteiger charge is 2.23. The molecule has 0 aromatic heterocycles. The summed E-state index contributed by atoms with van der Waals surface area (Å²) in [6.45, 7) is -0.418. The molecule has 0 saturated heterocycles. The number of benzene rings is 2. The van der Waals surface area contributed by atoms with Gasteiger partial charge in [0.25, 0.3) is 11.6 Å². The second-order valence-electron chi connectivity index (χ2n) is 5.07. The SMILES string of the molecule is O=C(COc1ccc(Cl)cc1Br)NN=Cc1cc([N+](=O)[O-])cc([N+](=O)[O-])c1O. The first kappa shape index (κ1) is 21.1. The fourth-order valence-corrected chi connectivity index (χ4v) is 2.71. The third kappa shape index (κ3) is 5.37. The molecule has 2 rings (SSSR count). The third-order valence-electron chi connectivity index (χ3n) is 3.16. The minimum Gasteiger partial charge on any atom is -0.502 e. The molecule has 0 aliphatic carbocycles. The monoisotopic (exact) mass is 472 g/mol.